The van der Waals surface area contributed by atoms with E-state index in [1.165, 1.54) is 11.3 Å². The Labute approximate surface area is 184 Å². The first-order valence-electron chi connectivity index (χ1n) is 9.56. The molecule has 0 aliphatic heterocycles. The summed E-state index contributed by atoms with van der Waals surface area (Å²) in [6.07, 6.45) is 0.104. The number of hydrogen-bond donors (Lipinski definition) is 1. The second-order valence-electron chi connectivity index (χ2n) is 7.12. The SMILES string of the molecule is CCN(Cc1ccccc1)Cc1ccc(-c2cc(Br)cc(Br)c2OC(C)C)[nH]1. The van der Waals surface area contributed by atoms with Crippen molar-refractivity contribution in [3.8, 4) is 17.0 Å². The van der Waals surface area contributed by atoms with Crippen LogP contribution in [0.5, 0.6) is 5.75 Å². The molecule has 3 nitrogen and oxygen atoms in total. The summed E-state index contributed by atoms with van der Waals surface area (Å²) in [4.78, 5) is 6.01. The summed E-state index contributed by atoms with van der Waals surface area (Å²) in [7, 11) is 0. The van der Waals surface area contributed by atoms with Crippen molar-refractivity contribution in [3.05, 3.63) is 74.8 Å². The first-order chi connectivity index (χ1) is 13.5. The Hall–Kier alpha value is -1.56. The molecule has 28 heavy (non-hydrogen) atoms. The molecule has 3 rings (SSSR count). The minimum Gasteiger partial charge on any atom is -0.489 e. The molecule has 1 heterocycles. The molecule has 0 bridgehead atoms. The quantitative estimate of drug-likeness (QED) is 0.356. The number of ether oxygens (including phenoxy) is 1. The number of benzene rings is 2. The van der Waals surface area contributed by atoms with Crippen LogP contribution in [0, 0.1) is 0 Å². The molecule has 0 spiro atoms. The Morgan fingerprint density at radius 3 is 2.43 bits per heavy atom. The highest BCUT2D eigenvalue weighted by Gasteiger charge is 2.16. The highest BCUT2D eigenvalue weighted by atomic mass is 79.9. The summed E-state index contributed by atoms with van der Waals surface area (Å²) in [6, 6.07) is 19.0. The van der Waals surface area contributed by atoms with Gasteiger partial charge in [-0.2, -0.15) is 0 Å². The molecule has 0 unspecified atom stereocenters. The average molecular weight is 506 g/mol. The summed E-state index contributed by atoms with van der Waals surface area (Å²) >= 11 is 7.24. The lowest BCUT2D eigenvalue weighted by Gasteiger charge is -2.20. The average Bonchev–Trinajstić information content (AvgIpc) is 3.12. The summed E-state index contributed by atoms with van der Waals surface area (Å²) in [5.74, 6) is 0.864. The predicted octanol–water partition coefficient (Wildman–Crippen LogP) is 7.02. The van der Waals surface area contributed by atoms with Crippen molar-refractivity contribution >= 4 is 31.9 Å². The molecule has 3 aromatic rings. The van der Waals surface area contributed by atoms with Crippen LogP contribution in [0.1, 0.15) is 32.0 Å². The zero-order valence-corrected chi connectivity index (χ0v) is 19.7. The number of rotatable bonds is 8. The van der Waals surface area contributed by atoms with E-state index >= 15 is 0 Å². The molecule has 1 N–H and O–H groups in total. The minimum absolute atomic E-state index is 0.104. The fraction of sp³-hybridized carbons (Fsp3) is 0.304. The molecule has 1 aromatic heterocycles. The first-order valence-corrected chi connectivity index (χ1v) is 11.1. The standard InChI is InChI=1S/C23H26Br2N2O/c1-4-27(14-17-8-6-5-7-9-17)15-19-10-11-22(26-19)20-12-18(24)13-21(25)23(20)28-16(2)3/h5-13,16,26H,4,14-15H2,1-3H3. The molecular weight excluding hydrogens is 480 g/mol. The minimum atomic E-state index is 0.104. The number of aromatic nitrogens is 1. The second kappa shape index (κ2) is 9.77. The molecule has 0 aliphatic rings. The largest absolute Gasteiger partial charge is 0.489 e. The van der Waals surface area contributed by atoms with E-state index in [2.05, 4.69) is 97.2 Å². The van der Waals surface area contributed by atoms with E-state index in [-0.39, 0.29) is 6.10 Å². The van der Waals surface area contributed by atoms with E-state index < -0.39 is 0 Å². The van der Waals surface area contributed by atoms with Gasteiger partial charge in [-0.05, 0) is 66.2 Å². The third kappa shape index (κ3) is 5.49. The Balaban J connectivity index is 1.82. The fourth-order valence-corrected chi connectivity index (χ4v) is 4.49. The lowest BCUT2D eigenvalue weighted by atomic mass is 10.1. The van der Waals surface area contributed by atoms with Gasteiger partial charge in [0.05, 0.1) is 10.6 Å². The van der Waals surface area contributed by atoms with E-state index in [9.17, 15) is 0 Å². The zero-order valence-electron chi connectivity index (χ0n) is 16.5. The van der Waals surface area contributed by atoms with Crippen LogP contribution in [0.4, 0.5) is 0 Å². The summed E-state index contributed by atoms with van der Waals surface area (Å²) in [5, 5.41) is 0. The van der Waals surface area contributed by atoms with Gasteiger partial charge >= 0.3 is 0 Å². The van der Waals surface area contributed by atoms with Gasteiger partial charge in [-0.3, -0.25) is 4.90 Å². The van der Waals surface area contributed by atoms with E-state index in [4.69, 9.17) is 4.74 Å². The Kier molecular flexibility index (Phi) is 7.38. The molecule has 0 atom stereocenters. The Morgan fingerprint density at radius 1 is 1.00 bits per heavy atom. The van der Waals surface area contributed by atoms with Gasteiger partial charge in [-0.25, -0.2) is 0 Å². The molecule has 0 radical (unpaired) electrons. The molecule has 0 aliphatic carbocycles. The zero-order chi connectivity index (χ0) is 20.1. The van der Waals surface area contributed by atoms with Crippen LogP contribution in [-0.4, -0.2) is 22.5 Å². The smallest absolute Gasteiger partial charge is 0.143 e. The summed E-state index contributed by atoms with van der Waals surface area (Å²) in [6.45, 7) is 9.10. The molecule has 0 saturated heterocycles. The van der Waals surface area contributed by atoms with Crippen LogP contribution in [-0.2, 0) is 13.1 Å². The highest BCUT2D eigenvalue weighted by Crippen LogP contribution is 2.39. The van der Waals surface area contributed by atoms with Crippen molar-refractivity contribution in [2.24, 2.45) is 0 Å². The Morgan fingerprint density at radius 2 is 1.75 bits per heavy atom. The van der Waals surface area contributed by atoms with Crippen LogP contribution in [0.2, 0.25) is 0 Å². The summed E-state index contributed by atoms with van der Waals surface area (Å²) in [5.41, 5.74) is 4.63. The van der Waals surface area contributed by atoms with Gasteiger partial charge in [0.2, 0.25) is 0 Å². The molecule has 148 valence electrons. The van der Waals surface area contributed by atoms with Gasteiger partial charge in [-0.1, -0.05) is 53.2 Å². The number of aromatic amines is 1. The van der Waals surface area contributed by atoms with E-state index in [0.717, 1.165) is 45.6 Å². The van der Waals surface area contributed by atoms with Crippen molar-refractivity contribution in [2.75, 3.05) is 6.54 Å². The van der Waals surface area contributed by atoms with Gasteiger partial charge in [0.1, 0.15) is 5.75 Å². The van der Waals surface area contributed by atoms with Crippen molar-refractivity contribution in [2.45, 2.75) is 40.0 Å². The van der Waals surface area contributed by atoms with Crippen molar-refractivity contribution in [1.29, 1.82) is 0 Å². The lowest BCUT2D eigenvalue weighted by molar-refractivity contribution is 0.242. The van der Waals surface area contributed by atoms with Gasteiger partial charge in [0.15, 0.2) is 0 Å². The molecule has 0 saturated carbocycles. The fourth-order valence-electron chi connectivity index (χ4n) is 3.17. The first kappa shape index (κ1) is 21.2. The van der Waals surface area contributed by atoms with E-state index in [1.54, 1.807) is 0 Å². The van der Waals surface area contributed by atoms with Gasteiger partial charge < -0.3 is 9.72 Å². The molecule has 5 heteroatoms. The van der Waals surface area contributed by atoms with Gasteiger partial charge in [0.25, 0.3) is 0 Å². The third-order valence-electron chi connectivity index (χ3n) is 4.49. The number of nitrogens with zero attached hydrogens (tertiary/aromatic N) is 1. The Bertz CT molecular complexity index is 906. The molecular formula is C23H26Br2N2O. The van der Waals surface area contributed by atoms with Gasteiger partial charge in [0, 0.05) is 34.5 Å². The predicted molar refractivity (Wildman–Crippen MR) is 124 cm³/mol. The molecule has 2 aromatic carbocycles. The number of nitrogens with one attached hydrogen (secondary N) is 1. The summed E-state index contributed by atoms with van der Waals surface area (Å²) < 4.78 is 8.04. The number of H-pyrrole nitrogens is 1. The third-order valence-corrected chi connectivity index (χ3v) is 5.54. The highest BCUT2D eigenvalue weighted by molar-refractivity contribution is 9.11. The normalized spacial score (nSPS) is 11.4. The maximum absolute atomic E-state index is 6.08. The molecule has 0 amide bonds. The lowest BCUT2D eigenvalue weighted by Crippen LogP contribution is -2.22. The number of hydrogen-bond acceptors (Lipinski definition) is 2. The van der Waals surface area contributed by atoms with E-state index in [0.29, 0.717) is 0 Å². The van der Waals surface area contributed by atoms with Crippen molar-refractivity contribution in [1.82, 2.24) is 9.88 Å². The molecule has 0 fully saturated rings. The number of halogens is 2. The van der Waals surface area contributed by atoms with Crippen LogP contribution in [0.3, 0.4) is 0 Å². The topological polar surface area (TPSA) is 28.3 Å². The van der Waals surface area contributed by atoms with Crippen LogP contribution in [0.15, 0.2) is 63.5 Å². The van der Waals surface area contributed by atoms with Crippen LogP contribution < -0.4 is 4.74 Å². The van der Waals surface area contributed by atoms with E-state index in [1.807, 2.05) is 19.9 Å². The van der Waals surface area contributed by atoms with Crippen molar-refractivity contribution < 1.29 is 4.74 Å². The van der Waals surface area contributed by atoms with Crippen LogP contribution in [0.25, 0.3) is 11.3 Å². The van der Waals surface area contributed by atoms with Crippen LogP contribution >= 0.6 is 31.9 Å². The monoisotopic (exact) mass is 504 g/mol. The maximum Gasteiger partial charge on any atom is 0.143 e. The maximum atomic E-state index is 6.08. The van der Waals surface area contributed by atoms with Crippen molar-refractivity contribution in [3.63, 3.8) is 0 Å². The second-order valence-corrected chi connectivity index (χ2v) is 8.89. The van der Waals surface area contributed by atoms with Gasteiger partial charge in [-0.15, -0.1) is 0 Å².